The first-order valence-electron chi connectivity index (χ1n) is 4.29. The van der Waals surface area contributed by atoms with Gasteiger partial charge in [-0.2, -0.15) is 0 Å². The molecule has 13 heavy (non-hydrogen) atoms. The summed E-state index contributed by atoms with van der Waals surface area (Å²) in [6.07, 6.45) is 0. The quantitative estimate of drug-likeness (QED) is 0.701. The molecule has 1 saturated heterocycles. The molecule has 0 aromatic heterocycles. The SMILES string of the molecule is CCOCC1(C)N[C@@H](C(=O)O)CS1. The van der Waals surface area contributed by atoms with Crippen LogP contribution in [-0.4, -0.2) is 41.0 Å². The van der Waals surface area contributed by atoms with E-state index in [0.29, 0.717) is 19.0 Å². The largest absolute Gasteiger partial charge is 0.480 e. The molecule has 0 aliphatic carbocycles. The number of hydrogen-bond donors (Lipinski definition) is 2. The van der Waals surface area contributed by atoms with Crippen LogP contribution in [0.4, 0.5) is 0 Å². The molecule has 2 N–H and O–H groups in total. The second-order valence-corrected chi connectivity index (χ2v) is 4.74. The van der Waals surface area contributed by atoms with Crippen LogP contribution in [0.1, 0.15) is 13.8 Å². The van der Waals surface area contributed by atoms with E-state index in [1.807, 2.05) is 13.8 Å². The molecule has 2 atom stereocenters. The normalized spacial score (nSPS) is 33.5. The molecular formula is C8H15NO3S. The number of carbonyl (C=O) groups is 1. The van der Waals surface area contributed by atoms with Crippen molar-refractivity contribution in [1.82, 2.24) is 5.32 Å². The predicted octanol–water partition coefficient (Wildman–Crippen LogP) is 0.529. The standard InChI is InChI=1S/C8H15NO3S/c1-3-12-5-8(2)9-6(4-13-8)7(10)11/h6,9H,3-5H2,1-2H3,(H,10,11)/t6-,8?/m1/s1. The molecule has 0 radical (unpaired) electrons. The fraction of sp³-hybridized carbons (Fsp3) is 0.875. The Morgan fingerprint density at radius 2 is 2.54 bits per heavy atom. The molecule has 76 valence electrons. The third-order valence-corrected chi connectivity index (χ3v) is 3.30. The van der Waals surface area contributed by atoms with Gasteiger partial charge >= 0.3 is 5.97 Å². The van der Waals surface area contributed by atoms with Gasteiger partial charge < -0.3 is 9.84 Å². The number of hydrogen-bond acceptors (Lipinski definition) is 4. The number of carboxylic acid groups (broad SMARTS) is 1. The van der Waals surface area contributed by atoms with Crippen molar-refractivity contribution in [2.45, 2.75) is 24.8 Å². The van der Waals surface area contributed by atoms with Gasteiger partial charge in [0.05, 0.1) is 11.5 Å². The third-order valence-electron chi connectivity index (χ3n) is 1.93. The van der Waals surface area contributed by atoms with Crippen LogP contribution >= 0.6 is 11.8 Å². The average Bonchev–Trinajstić information content (AvgIpc) is 2.46. The molecule has 0 aromatic rings. The van der Waals surface area contributed by atoms with Gasteiger partial charge in [-0.3, -0.25) is 10.1 Å². The molecule has 1 unspecified atom stereocenters. The summed E-state index contributed by atoms with van der Waals surface area (Å²) in [5, 5.41) is 11.8. The van der Waals surface area contributed by atoms with Gasteiger partial charge in [0.1, 0.15) is 6.04 Å². The van der Waals surface area contributed by atoms with E-state index >= 15 is 0 Å². The lowest BCUT2D eigenvalue weighted by Crippen LogP contribution is -2.45. The zero-order valence-electron chi connectivity index (χ0n) is 7.87. The minimum absolute atomic E-state index is 0.237. The molecule has 5 heteroatoms. The van der Waals surface area contributed by atoms with Crippen LogP contribution in [0.3, 0.4) is 0 Å². The Labute approximate surface area is 82.0 Å². The van der Waals surface area contributed by atoms with E-state index in [1.54, 1.807) is 11.8 Å². The van der Waals surface area contributed by atoms with Gasteiger partial charge in [-0.05, 0) is 13.8 Å². The van der Waals surface area contributed by atoms with E-state index in [0.717, 1.165) is 0 Å². The van der Waals surface area contributed by atoms with Crippen molar-refractivity contribution in [1.29, 1.82) is 0 Å². The lowest BCUT2D eigenvalue weighted by atomic mass is 10.3. The Kier molecular flexibility index (Phi) is 3.58. The number of thioether (sulfide) groups is 1. The maximum absolute atomic E-state index is 10.6. The van der Waals surface area contributed by atoms with E-state index in [9.17, 15) is 4.79 Å². The summed E-state index contributed by atoms with van der Waals surface area (Å²) in [5.41, 5.74) is 0. The summed E-state index contributed by atoms with van der Waals surface area (Å²) in [5.74, 6) is -0.174. The summed E-state index contributed by atoms with van der Waals surface area (Å²) in [6.45, 7) is 5.11. The minimum atomic E-state index is -0.785. The highest BCUT2D eigenvalue weighted by Gasteiger charge is 2.38. The maximum atomic E-state index is 10.6. The van der Waals surface area contributed by atoms with E-state index in [-0.39, 0.29) is 4.87 Å². The first kappa shape index (κ1) is 10.8. The van der Waals surface area contributed by atoms with Crippen molar-refractivity contribution in [3.05, 3.63) is 0 Å². The second kappa shape index (κ2) is 4.30. The zero-order chi connectivity index (χ0) is 9.90. The molecule has 0 saturated carbocycles. The Morgan fingerprint density at radius 3 is 3.00 bits per heavy atom. The van der Waals surface area contributed by atoms with Gasteiger partial charge in [0.15, 0.2) is 0 Å². The number of carboxylic acids is 1. The molecule has 0 spiro atoms. The first-order chi connectivity index (χ1) is 6.07. The summed E-state index contributed by atoms with van der Waals surface area (Å²) < 4.78 is 5.27. The van der Waals surface area contributed by atoms with Crippen molar-refractivity contribution >= 4 is 17.7 Å². The van der Waals surface area contributed by atoms with Gasteiger partial charge in [-0.15, -0.1) is 11.8 Å². The summed E-state index contributed by atoms with van der Waals surface area (Å²) in [7, 11) is 0. The predicted molar refractivity (Wildman–Crippen MR) is 51.9 cm³/mol. The molecular weight excluding hydrogens is 190 g/mol. The van der Waals surface area contributed by atoms with Gasteiger partial charge in [0.25, 0.3) is 0 Å². The van der Waals surface area contributed by atoms with E-state index in [1.165, 1.54) is 0 Å². The molecule has 1 fully saturated rings. The highest BCUT2D eigenvalue weighted by molar-refractivity contribution is 8.00. The Morgan fingerprint density at radius 1 is 1.85 bits per heavy atom. The van der Waals surface area contributed by atoms with E-state index in [2.05, 4.69) is 5.32 Å². The molecule has 0 amide bonds. The fourth-order valence-corrected chi connectivity index (χ4v) is 2.39. The molecule has 0 bridgehead atoms. The van der Waals surface area contributed by atoms with Crippen LogP contribution in [0, 0.1) is 0 Å². The van der Waals surface area contributed by atoms with Crippen LogP contribution in [-0.2, 0) is 9.53 Å². The number of nitrogens with one attached hydrogen (secondary N) is 1. The van der Waals surface area contributed by atoms with Gasteiger partial charge in [-0.25, -0.2) is 0 Å². The van der Waals surface area contributed by atoms with E-state index < -0.39 is 12.0 Å². The van der Waals surface area contributed by atoms with Gasteiger partial charge in [-0.1, -0.05) is 0 Å². The van der Waals surface area contributed by atoms with Crippen molar-refractivity contribution in [2.75, 3.05) is 19.0 Å². The van der Waals surface area contributed by atoms with Crippen molar-refractivity contribution in [2.24, 2.45) is 0 Å². The van der Waals surface area contributed by atoms with Gasteiger partial charge in [0.2, 0.25) is 0 Å². The first-order valence-corrected chi connectivity index (χ1v) is 5.28. The van der Waals surface area contributed by atoms with Crippen LogP contribution < -0.4 is 5.32 Å². The van der Waals surface area contributed by atoms with Crippen LogP contribution in [0.2, 0.25) is 0 Å². The highest BCUT2D eigenvalue weighted by atomic mass is 32.2. The molecule has 1 aliphatic rings. The summed E-state index contributed by atoms with van der Waals surface area (Å²) in [4.78, 5) is 10.4. The van der Waals surface area contributed by atoms with Gasteiger partial charge in [0, 0.05) is 12.4 Å². The Balaban J connectivity index is 2.41. The molecule has 1 rings (SSSR count). The number of rotatable bonds is 4. The molecule has 0 aromatic carbocycles. The number of aliphatic carboxylic acids is 1. The second-order valence-electron chi connectivity index (χ2n) is 3.21. The Hall–Kier alpha value is -0.260. The fourth-order valence-electron chi connectivity index (χ4n) is 1.23. The smallest absolute Gasteiger partial charge is 0.321 e. The van der Waals surface area contributed by atoms with Crippen LogP contribution in [0.5, 0.6) is 0 Å². The maximum Gasteiger partial charge on any atom is 0.321 e. The van der Waals surface area contributed by atoms with Crippen molar-refractivity contribution < 1.29 is 14.6 Å². The van der Waals surface area contributed by atoms with E-state index in [4.69, 9.17) is 9.84 Å². The summed E-state index contributed by atoms with van der Waals surface area (Å²) in [6, 6.07) is -0.435. The van der Waals surface area contributed by atoms with Crippen molar-refractivity contribution in [3.8, 4) is 0 Å². The number of ether oxygens (including phenoxy) is 1. The minimum Gasteiger partial charge on any atom is -0.480 e. The van der Waals surface area contributed by atoms with Crippen LogP contribution in [0.15, 0.2) is 0 Å². The lowest BCUT2D eigenvalue weighted by molar-refractivity contribution is -0.139. The lowest BCUT2D eigenvalue weighted by Gasteiger charge is -2.23. The van der Waals surface area contributed by atoms with Crippen molar-refractivity contribution in [3.63, 3.8) is 0 Å². The molecule has 1 aliphatic heterocycles. The zero-order valence-corrected chi connectivity index (χ0v) is 8.69. The highest BCUT2D eigenvalue weighted by Crippen LogP contribution is 2.30. The molecule has 4 nitrogen and oxygen atoms in total. The third kappa shape index (κ3) is 2.86. The monoisotopic (exact) mass is 205 g/mol. The molecule has 1 heterocycles. The average molecular weight is 205 g/mol. The topological polar surface area (TPSA) is 58.6 Å². The Bertz CT molecular complexity index is 200. The van der Waals surface area contributed by atoms with Crippen LogP contribution in [0.25, 0.3) is 0 Å². The summed E-state index contributed by atoms with van der Waals surface area (Å²) >= 11 is 1.60.